The molecule has 8 nitrogen and oxygen atoms in total. The number of nitrogens with one attached hydrogen (secondary N) is 2. The summed E-state index contributed by atoms with van der Waals surface area (Å²) in [6.45, 7) is 12.0. The van der Waals surface area contributed by atoms with Gasteiger partial charge in [-0.1, -0.05) is 24.2 Å². The number of nitrogens with zero attached hydrogens (tertiary/aromatic N) is 4. The minimum Gasteiger partial charge on any atom is -0.364 e. The molecule has 2 N–H and O–H groups in total. The molecule has 2 aromatic rings. The van der Waals surface area contributed by atoms with Crippen LogP contribution in [0.4, 0.5) is 0 Å². The third-order valence-corrected chi connectivity index (χ3v) is 5.47. The van der Waals surface area contributed by atoms with Crippen molar-refractivity contribution >= 4 is 35.8 Å². The molecule has 176 valence electrons. The molecule has 3 rings (SSSR count). The number of carbonyl (C=O) groups is 1. The minimum atomic E-state index is -0.0321. The molecule has 1 amide bonds. The summed E-state index contributed by atoms with van der Waals surface area (Å²) in [7, 11) is 0. The van der Waals surface area contributed by atoms with Gasteiger partial charge in [-0.05, 0) is 38.0 Å². The summed E-state index contributed by atoms with van der Waals surface area (Å²) in [5.74, 6) is 0.883. The van der Waals surface area contributed by atoms with Crippen molar-refractivity contribution < 1.29 is 9.32 Å². The predicted octanol–water partition coefficient (Wildman–Crippen LogP) is 3.10. The molecule has 1 atom stereocenters. The fourth-order valence-electron chi connectivity index (χ4n) is 3.48. The molecule has 1 aliphatic heterocycles. The summed E-state index contributed by atoms with van der Waals surface area (Å²) >= 11 is 0. The van der Waals surface area contributed by atoms with Crippen LogP contribution in [-0.2, 0) is 13.1 Å². The van der Waals surface area contributed by atoms with Crippen molar-refractivity contribution in [2.45, 2.75) is 46.3 Å². The van der Waals surface area contributed by atoms with Gasteiger partial charge in [0.15, 0.2) is 5.96 Å². The molecule has 1 fully saturated rings. The monoisotopic (exact) mass is 554 g/mol. The maximum Gasteiger partial charge on any atom is 0.251 e. The molecule has 2 heterocycles. The second-order valence-corrected chi connectivity index (χ2v) is 7.91. The van der Waals surface area contributed by atoms with Crippen molar-refractivity contribution in [3.8, 4) is 0 Å². The van der Waals surface area contributed by atoms with E-state index in [4.69, 9.17) is 9.52 Å². The van der Waals surface area contributed by atoms with Crippen LogP contribution in [0.2, 0.25) is 0 Å². The van der Waals surface area contributed by atoms with Crippen LogP contribution in [0.1, 0.15) is 48.8 Å². The quantitative estimate of drug-likeness (QED) is 0.297. The average molecular weight is 554 g/mol. The minimum absolute atomic E-state index is 0. The Kier molecular flexibility index (Phi) is 10.9. The lowest BCUT2D eigenvalue weighted by Crippen LogP contribution is -2.52. The molecule has 1 aromatic heterocycles. The zero-order valence-corrected chi connectivity index (χ0v) is 21.5. The van der Waals surface area contributed by atoms with E-state index in [2.05, 4.69) is 39.4 Å². The Hall–Kier alpha value is -2.14. The van der Waals surface area contributed by atoms with E-state index < -0.39 is 0 Å². The van der Waals surface area contributed by atoms with E-state index in [0.717, 1.165) is 62.9 Å². The van der Waals surface area contributed by atoms with Gasteiger partial charge in [0.05, 0.1) is 12.2 Å². The van der Waals surface area contributed by atoms with E-state index >= 15 is 0 Å². The van der Waals surface area contributed by atoms with Gasteiger partial charge >= 0.3 is 0 Å². The molecule has 0 spiro atoms. The van der Waals surface area contributed by atoms with E-state index in [9.17, 15) is 4.79 Å². The summed E-state index contributed by atoms with van der Waals surface area (Å²) in [5.41, 5.74) is 2.67. The Bertz CT molecular complexity index is 850. The lowest BCUT2D eigenvalue weighted by Gasteiger charge is -2.36. The number of aromatic nitrogens is 1. The summed E-state index contributed by atoms with van der Waals surface area (Å²) < 4.78 is 4.93. The van der Waals surface area contributed by atoms with Gasteiger partial charge in [-0.25, -0.2) is 4.99 Å². The summed E-state index contributed by atoms with van der Waals surface area (Å²) in [6.07, 6.45) is 2.53. The molecule has 0 aliphatic carbocycles. The Labute approximate surface area is 207 Å². The number of rotatable bonds is 8. The highest BCUT2D eigenvalue weighted by atomic mass is 127. The van der Waals surface area contributed by atoms with Gasteiger partial charge in [0.1, 0.15) is 6.26 Å². The lowest BCUT2D eigenvalue weighted by atomic mass is 10.1. The first-order valence-corrected chi connectivity index (χ1v) is 11.1. The third kappa shape index (κ3) is 7.77. The molecule has 1 aromatic carbocycles. The Morgan fingerprint density at radius 2 is 2.00 bits per heavy atom. The number of piperazine rings is 1. The Morgan fingerprint density at radius 1 is 1.22 bits per heavy atom. The Morgan fingerprint density at radius 3 is 2.66 bits per heavy atom. The maximum atomic E-state index is 12.4. The number of amides is 1. The molecule has 0 saturated carbocycles. The molecule has 9 heteroatoms. The van der Waals surface area contributed by atoms with Crippen LogP contribution < -0.4 is 10.6 Å². The van der Waals surface area contributed by atoms with Crippen LogP contribution >= 0.6 is 24.0 Å². The van der Waals surface area contributed by atoms with Gasteiger partial charge in [0.2, 0.25) is 0 Å². The van der Waals surface area contributed by atoms with Crippen molar-refractivity contribution in [1.29, 1.82) is 0 Å². The summed E-state index contributed by atoms with van der Waals surface area (Å²) in [5, 5.41) is 10.4. The van der Waals surface area contributed by atoms with Crippen LogP contribution in [0.3, 0.4) is 0 Å². The first kappa shape index (κ1) is 26.1. The topological polar surface area (TPSA) is 86.0 Å². The fraction of sp³-hybridized carbons (Fsp3) is 0.522. The lowest BCUT2D eigenvalue weighted by molar-refractivity contribution is 0.0939. The number of benzene rings is 1. The van der Waals surface area contributed by atoms with Crippen LogP contribution in [0.5, 0.6) is 0 Å². The maximum absolute atomic E-state index is 12.4. The number of halogens is 1. The van der Waals surface area contributed by atoms with Crippen LogP contribution in [0.25, 0.3) is 0 Å². The largest absolute Gasteiger partial charge is 0.364 e. The van der Waals surface area contributed by atoms with E-state index in [1.54, 1.807) is 6.26 Å². The SMILES string of the molecule is CCNC(=NCc1cccc(C(=O)NC(C)CC)c1)N1CCN(Cc2ccon2)CC1.I. The molecule has 1 saturated heterocycles. The molecule has 1 aliphatic rings. The number of guanidine groups is 1. The molecule has 1 unspecified atom stereocenters. The van der Waals surface area contributed by atoms with Crippen LogP contribution in [0, 0.1) is 0 Å². The zero-order valence-electron chi connectivity index (χ0n) is 19.2. The highest BCUT2D eigenvalue weighted by Gasteiger charge is 2.20. The van der Waals surface area contributed by atoms with Crippen LogP contribution in [-0.4, -0.2) is 65.6 Å². The van der Waals surface area contributed by atoms with Crippen molar-refractivity contribution in [2.24, 2.45) is 4.99 Å². The first-order chi connectivity index (χ1) is 15.1. The molecular weight excluding hydrogens is 519 g/mol. The molecule has 32 heavy (non-hydrogen) atoms. The fourth-order valence-corrected chi connectivity index (χ4v) is 3.48. The smallest absolute Gasteiger partial charge is 0.251 e. The van der Waals surface area contributed by atoms with Gasteiger partial charge in [-0.2, -0.15) is 0 Å². The van der Waals surface area contributed by atoms with Gasteiger partial charge in [-0.3, -0.25) is 9.69 Å². The normalized spacial score (nSPS) is 15.7. The van der Waals surface area contributed by atoms with Gasteiger partial charge in [-0.15, -0.1) is 24.0 Å². The number of hydrogen-bond donors (Lipinski definition) is 2. The van der Waals surface area contributed by atoms with Gasteiger partial charge in [0.25, 0.3) is 5.91 Å². The number of carbonyl (C=O) groups excluding carboxylic acids is 1. The highest BCUT2D eigenvalue weighted by Crippen LogP contribution is 2.10. The third-order valence-electron chi connectivity index (χ3n) is 5.47. The molecular formula is C23H35IN6O2. The second-order valence-electron chi connectivity index (χ2n) is 7.91. The van der Waals surface area contributed by atoms with Crippen LogP contribution in [0.15, 0.2) is 46.1 Å². The average Bonchev–Trinajstić information content (AvgIpc) is 3.30. The second kappa shape index (κ2) is 13.4. The van der Waals surface area contributed by atoms with E-state index in [0.29, 0.717) is 12.1 Å². The first-order valence-electron chi connectivity index (χ1n) is 11.1. The number of hydrogen-bond acceptors (Lipinski definition) is 5. The van der Waals surface area contributed by atoms with Crippen molar-refractivity contribution in [2.75, 3.05) is 32.7 Å². The van der Waals surface area contributed by atoms with E-state index in [1.807, 2.05) is 37.3 Å². The highest BCUT2D eigenvalue weighted by molar-refractivity contribution is 14.0. The zero-order chi connectivity index (χ0) is 22.1. The van der Waals surface area contributed by atoms with E-state index in [1.165, 1.54) is 0 Å². The van der Waals surface area contributed by atoms with Crippen molar-refractivity contribution in [1.82, 2.24) is 25.6 Å². The van der Waals surface area contributed by atoms with Crippen molar-refractivity contribution in [3.63, 3.8) is 0 Å². The number of aliphatic imine (C=N–C) groups is 1. The summed E-state index contributed by atoms with van der Waals surface area (Å²) in [4.78, 5) is 21.9. The Balaban J connectivity index is 0.00000363. The molecule has 0 radical (unpaired) electrons. The van der Waals surface area contributed by atoms with Crippen molar-refractivity contribution in [3.05, 3.63) is 53.4 Å². The van der Waals surface area contributed by atoms with E-state index in [-0.39, 0.29) is 35.9 Å². The van der Waals surface area contributed by atoms with Gasteiger partial charge < -0.3 is 20.1 Å². The summed E-state index contributed by atoms with van der Waals surface area (Å²) in [6, 6.07) is 9.80. The van der Waals surface area contributed by atoms with Gasteiger partial charge in [0, 0.05) is 56.9 Å². The molecule has 0 bridgehead atoms. The predicted molar refractivity (Wildman–Crippen MR) is 137 cm³/mol. The standard InChI is InChI=1S/C23H34N6O2.HI/c1-4-18(3)26-22(30)20-8-6-7-19(15-20)16-25-23(24-5-2)29-12-10-28(11-13-29)17-21-9-14-31-27-21;/h6-9,14-15,18H,4-5,10-13,16-17H2,1-3H3,(H,24,25)(H,26,30);1H.